The molecule has 1 N–H and O–H groups in total. The molecule has 0 saturated carbocycles. The average Bonchev–Trinajstić information content (AvgIpc) is 3.04. The number of aromatic nitrogens is 1. The largest absolute Gasteiger partial charge is 0.469 e. The maximum atomic E-state index is 11.0. The number of ether oxygens (including phenoxy) is 1. The lowest BCUT2D eigenvalue weighted by Gasteiger charge is -1.99. The molecule has 0 atom stereocenters. The summed E-state index contributed by atoms with van der Waals surface area (Å²) in [6.45, 7) is 0.785. The summed E-state index contributed by atoms with van der Waals surface area (Å²) >= 11 is 3.25. The summed E-state index contributed by atoms with van der Waals surface area (Å²) in [6.07, 6.45) is 1.01. The Bertz CT molecular complexity index is 494. The van der Waals surface area contributed by atoms with Crippen LogP contribution in [0.15, 0.2) is 22.2 Å². The van der Waals surface area contributed by atoms with Crippen molar-refractivity contribution >= 4 is 33.8 Å². The standard InChI is InChI=1S/C12H14N2O2S2/c1-16-11(15)3-2-10-8-18-12(14-10)13-6-9-4-5-17-7-9/h4-5,7-8H,2-3,6H2,1H3,(H,13,14). The topological polar surface area (TPSA) is 51.2 Å². The molecule has 0 saturated heterocycles. The number of rotatable bonds is 6. The molecule has 6 heteroatoms. The predicted molar refractivity (Wildman–Crippen MR) is 74.1 cm³/mol. The number of carbonyl (C=O) groups excluding carboxylic acids is 1. The molecule has 0 aliphatic carbocycles. The van der Waals surface area contributed by atoms with Crippen molar-refractivity contribution in [3.63, 3.8) is 0 Å². The van der Waals surface area contributed by atoms with E-state index in [9.17, 15) is 4.79 Å². The fourth-order valence-corrected chi connectivity index (χ4v) is 2.82. The zero-order valence-electron chi connectivity index (χ0n) is 10.0. The Morgan fingerprint density at radius 3 is 3.11 bits per heavy atom. The summed E-state index contributed by atoms with van der Waals surface area (Å²) in [4.78, 5) is 15.4. The molecular formula is C12H14N2O2S2. The molecule has 0 aromatic carbocycles. The minimum atomic E-state index is -0.198. The number of methoxy groups -OCH3 is 1. The van der Waals surface area contributed by atoms with Gasteiger partial charge in [-0.05, 0) is 22.4 Å². The molecule has 0 radical (unpaired) electrons. The lowest BCUT2D eigenvalue weighted by molar-refractivity contribution is -0.140. The summed E-state index contributed by atoms with van der Waals surface area (Å²) in [5.41, 5.74) is 2.18. The molecule has 2 rings (SSSR count). The van der Waals surface area contributed by atoms with Crippen LogP contribution in [-0.2, 0) is 22.5 Å². The molecule has 2 aromatic heterocycles. The molecule has 2 heterocycles. The first-order valence-electron chi connectivity index (χ1n) is 5.54. The molecule has 0 aliphatic heterocycles. The van der Waals surface area contributed by atoms with Gasteiger partial charge in [0.2, 0.25) is 0 Å². The van der Waals surface area contributed by atoms with Crippen molar-refractivity contribution in [2.75, 3.05) is 12.4 Å². The van der Waals surface area contributed by atoms with E-state index >= 15 is 0 Å². The highest BCUT2D eigenvalue weighted by atomic mass is 32.1. The summed E-state index contributed by atoms with van der Waals surface area (Å²) in [5, 5.41) is 10.3. The molecule has 2 aromatic rings. The van der Waals surface area contributed by atoms with Crippen LogP contribution in [0.5, 0.6) is 0 Å². The molecule has 4 nitrogen and oxygen atoms in total. The molecule has 0 spiro atoms. The van der Waals surface area contributed by atoms with E-state index in [4.69, 9.17) is 0 Å². The lowest BCUT2D eigenvalue weighted by atomic mass is 10.2. The van der Waals surface area contributed by atoms with Gasteiger partial charge < -0.3 is 10.1 Å². The van der Waals surface area contributed by atoms with E-state index in [1.54, 1.807) is 22.7 Å². The van der Waals surface area contributed by atoms with Crippen LogP contribution in [0, 0.1) is 0 Å². The number of hydrogen-bond donors (Lipinski definition) is 1. The smallest absolute Gasteiger partial charge is 0.305 e. The van der Waals surface area contributed by atoms with Crippen LogP contribution in [0.3, 0.4) is 0 Å². The predicted octanol–water partition coefficient (Wildman–Crippen LogP) is 2.92. The summed E-state index contributed by atoms with van der Waals surface area (Å²) < 4.78 is 4.60. The van der Waals surface area contributed by atoms with E-state index < -0.39 is 0 Å². The summed E-state index contributed by atoms with van der Waals surface area (Å²) in [5.74, 6) is -0.198. The first-order chi connectivity index (χ1) is 8.78. The molecule has 0 amide bonds. The van der Waals surface area contributed by atoms with Gasteiger partial charge in [-0.25, -0.2) is 4.98 Å². The number of esters is 1. The second-order valence-corrected chi connectivity index (χ2v) is 5.34. The SMILES string of the molecule is COC(=O)CCc1csc(NCc2ccsc2)n1. The van der Waals surface area contributed by atoms with Crippen molar-refractivity contribution < 1.29 is 9.53 Å². The van der Waals surface area contributed by atoms with Crippen molar-refractivity contribution in [1.82, 2.24) is 4.98 Å². The van der Waals surface area contributed by atoms with Crippen LogP contribution in [-0.4, -0.2) is 18.1 Å². The second kappa shape index (κ2) is 6.51. The van der Waals surface area contributed by atoms with Crippen LogP contribution < -0.4 is 5.32 Å². The number of nitrogens with zero attached hydrogens (tertiary/aromatic N) is 1. The third-order valence-corrected chi connectivity index (χ3v) is 3.97. The molecule has 18 heavy (non-hydrogen) atoms. The monoisotopic (exact) mass is 282 g/mol. The van der Waals surface area contributed by atoms with Crippen molar-refractivity contribution in [2.45, 2.75) is 19.4 Å². The highest BCUT2D eigenvalue weighted by molar-refractivity contribution is 7.13. The first-order valence-corrected chi connectivity index (χ1v) is 7.36. The molecule has 96 valence electrons. The number of aryl methyl sites for hydroxylation is 1. The molecule has 0 bridgehead atoms. The van der Waals surface area contributed by atoms with Gasteiger partial charge in [-0.1, -0.05) is 0 Å². The molecule has 0 aliphatic rings. The Morgan fingerprint density at radius 2 is 2.39 bits per heavy atom. The number of hydrogen-bond acceptors (Lipinski definition) is 6. The van der Waals surface area contributed by atoms with Gasteiger partial charge in [0, 0.05) is 18.3 Å². The van der Waals surface area contributed by atoms with Gasteiger partial charge in [0.25, 0.3) is 0 Å². The van der Waals surface area contributed by atoms with Crippen molar-refractivity contribution in [1.29, 1.82) is 0 Å². The van der Waals surface area contributed by atoms with E-state index in [0.717, 1.165) is 17.4 Å². The van der Waals surface area contributed by atoms with Gasteiger partial charge in [-0.3, -0.25) is 4.79 Å². The van der Waals surface area contributed by atoms with Crippen LogP contribution in [0.4, 0.5) is 5.13 Å². The molecule has 0 fully saturated rings. The van der Waals surface area contributed by atoms with Gasteiger partial charge >= 0.3 is 5.97 Å². The number of carbonyl (C=O) groups is 1. The van der Waals surface area contributed by atoms with Crippen molar-refractivity contribution in [2.24, 2.45) is 0 Å². The van der Waals surface area contributed by atoms with Gasteiger partial charge in [-0.15, -0.1) is 11.3 Å². The maximum Gasteiger partial charge on any atom is 0.305 e. The highest BCUT2D eigenvalue weighted by Crippen LogP contribution is 2.18. The van der Waals surface area contributed by atoms with Gasteiger partial charge in [0.1, 0.15) is 0 Å². The van der Waals surface area contributed by atoms with E-state index in [-0.39, 0.29) is 5.97 Å². The maximum absolute atomic E-state index is 11.0. The van der Waals surface area contributed by atoms with Crippen LogP contribution >= 0.6 is 22.7 Å². The van der Waals surface area contributed by atoms with E-state index in [1.165, 1.54) is 12.7 Å². The van der Waals surface area contributed by atoms with Crippen LogP contribution in [0.2, 0.25) is 0 Å². The number of thiazole rings is 1. The van der Waals surface area contributed by atoms with Gasteiger partial charge in [0.05, 0.1) is 19.2 Å². The van der Waals surface area contributed by atoms with Gasteiger partial charge in [0.15, 0.2) is 5.13 Å². The Morgan fingerprint density at radius 1 is 1.50 bits per heavy atom. The Balaban J connectivity index is 1.80. The third-order valence-electron chi connectivity index (χ3n) is 2.39. The van der Waals surface area contributed by atoms with Crippen LogP contribution in [0.25, 0.3) is 0 Å². The summed E-state index contributed by atoms with van der Waals surface area (Å²) in [7, 11) is 1.40. The van der Waals surface area contributed by atoms with Crippen molar-refractivity contribution in [3.8, 4) is 0 Å². The summed E-state index contributed by atoms with van der Waals surface area (Å²) in [6, 6.07) is 2.09. The van der Waals surface area contributed by atoms with Crippen molar-refractivity contribution in [3.05, 3.63) is 33.5 Å². The zero-order chi connectivity index (χ0) is 12.8. The third kappa shape index (κ3) is 3.82. The fourth-order valence-electron chi connectivity index (χ4n) is 1.41. The van der Waals surface area contributed by atoms with E-state index in [0.29, 0.717) is 12.8 Å². The number of anilines is 1. The number of thiophene rings is 1. The average molecular weight is 282 g/mol. The van der Waals surface area contributed by atoms with Crippen LogP contribution in [0.1, 0.15) is 17.7 Å². The first kappa shape index (κ1) is 13.0. The normalized spacial score (nSPS) is 10.3. The quantitative estimate of drug-likeness (QED) is 0.828. The van der Waals surface area contributed by atoms with Gasteiger partial charge in [-0.2, -0.15) is 11.3 Å². The zero-order valence-corrected chi connectivity index (χ0v) is 11.6. The Hall–Kier alpha value is -1.40. The highest BCUT2D eigenvalue weighted by Gasteiger charge is 2.05. The minimum Gasteiger partial charge on any atom is -0.469 e. The second-order valence-electron chi connectivity index (χ2n) is 3.71. The Kier molecular flexibility index (Phi) is 4.72. The van der Waals surface area contributed by atoms with E-state index in [1.807, 2.05) is 5.38 Å². The number of nitrogens with one attached hydrogen (secondary N) is 1. The molecular weight excluding hydrogens is 268 g/mol. The fraction of sp³-hybridized carbons (Fsp3) is 0.333. The minimum absolute atomic E-state index is 0.198. The Labute approximate surface area is 114 Å². The lowest BCUT2D eigenvalue weighted by Crippen LogP contribution is -2.02. The molecule has 0 unspecified atom stereocenters. The van der Waals surface area contributed by atoms with E-state index in [2.05, 4.69) is 31.9 Å².